The summed E-state index contributed by atoms with van der Waals surface area (Å²) >= 11 is 0. The highest BCUT2D eigenvalue weighted by Crippen LogP contribution is 2.41. The average Bonchev–Trinajstić information content (AvgIpc) is 3.15. The molecule has 1 aliphatic rings. The number of carboxylic acid groups (broad SMARTS) is 1. The summed E-state index contributed by atoms with van der Waals surface area (Å²) in [5.41, 5.74) is -0.977. The molecule has 1 saturated heterocycles. The fourth-order valence-electron chi connectivity index (χ4n) is 3.62. The summed E-state index contributed by atoms with van der Waals surface area (Å²) in [6, 6.07) is 1.04. The Morgan fingerprint density at radius 3 is 2.35 bits per heavy atom. The number of tetrazole rings is 1. The summed E-state index contributed by atoms with van der Waals surface area (Å²) < 4.78 is 19.7. The first kappa shape index (κ1) is 26.0. The van der Waals surface area contributed by atoms with Crippen LogP contribution >= 0.6 is 0 Å². The molecule has 2 heterocycles. The highest BCUT2D eigenvalue weighted by Gasteiger charge is 2.52. The molecule has 1 aromatic rings. The van der Waals surface area contributed by atoms with Gasteiger partial charge in [0, 0.05) is 20.6 Å². The zero-order valence-corrected chi connectivity index (χ0v) is 21.3. The summed E-state index contributed by atoms with van der Waals surface area (Å²) in [6.07, 6.45) is 1.62. The second-order valence-electron chi connectivity index (χ2n) is 10.6. The van der Waals surface area contributed by atoms with Crippen molar-refractivity contribution < 1.29 is 23.9 Å². The number of hydrogen-bond donors (Lipinski definition) is 1. The monoisotopic (exact) mass is 454 g/mol. The number of rotatable bonds is 12. The molecule has 0 bridgehead atoms. The molecule has 0 amide bonds. The first-order valence-electron chi connectivity index (χ1n) is 11.2. The topological polar surface area (TPSA) is 109 Å². The van der Waals surface area contributed by atoms with Crippen LogP contribution in [0.2, 0.25) is 32.0 Å². The summed E-state index contributed by atoms with van der Waals surface area (Å²) in [7, 11) is -1.74. The van der Waals surface area contributed by atoms with E-state index in [0.29, 0.717) is 25.2 Å². The van der Waals surface area contributed by atoms with Crippen LogP contribution in [0.3, 0.4) is 0 Å². The van der Waals surface area contributed by atoms with E-state index >= 15 is 0 Å². The van der Waals surface area contributed by atoms with Gasteiger partial charge in [0.2, 0.25) is 0 Å². The Labute approximate surface area is 187 Å². The van der Waals surface area contributed by atoms with Gasteiger partial charge in [0.1, 0.15) is 6.73 Å². The van der Waals surface area contributed by atoms with Crippen LogP contribution in [0.5, 0.6) is 0 Å². The molecule has 0 aliphatic carbocycles. The molecular weight excluding hydrogens is 415 g/mol. The molecule has 2 atom stereocenters. The minimum atomic E-state index is -1.21. The van der Waals surface area contributed by atoms with Gasteiger partial charge >= 0.3 is 13.1 Å². The second-order valence-corrected chi connectivity index (χ2v) is 16.3. The number of aromatic nitrogens is 4. The Morgan fingerprint density at radius 2 is 1.84 bits per heavy atom. The van der Waals surface area contributed by atoms with Crippen LogP contribution in [-0.4, -0.2) is 64.3 Å². The lowest BCUT2D eigenvalue weighted by molar-refractivity contribution is -0.142. The predicted octanol–water partition coefficient (Wildman–Crippen LogP) is 3.66. The second kappa shape index (κ2) is 10.1. The smallest absolute Gasteiger partial charge is 0.458 e. The van der Waals surface area contributed by atoms with Crippen LogP contribution in [0.4, 0.5) is 0 Å². The van der Waals surface area contributed by atoms with Crippen molar-refractivity contribution in [2.24, 2.45) is 5.92 Å². The quantitative estimate of drug-likeness (QED) is 0.377. The van der Waals surface area contributed by atoms with E-state index in [0.717, 1.165) is 12.5 Å². The van der Waals surface area contributed by atoms with Gasteiger partial charge in [-0.15, -0.1) is 5.10 Å². The maximum Gasteiger partial charge on any atom is 0.458 e. The van der Waals surface area contributed by atoms with Crippen molar-refractivity contribution in [1.82, 2.24) is 20.2 Å². The first-order chi connectivity index (χ1) is 14.3. The Kier molecular flexibility index (Phi) is 8.46. The molecule has 0 aromatic carbocycles. The van der Waals surface area contributed by atoms with E-state index in [2.05, 4.69) is 35.2 Å². The molecule has 1 N–H and O–H groups in total. The highest BCUT2D eigenvalue weighted by molar-refractivity contribution is 6.76. The zero-order chi connectivity index (χ0) is 23.4. The summed E-state index contributed by atoms with van der Waals surface area (Å²) in [4.78, 5) is 12.2. The molecule has 1 aliphatic heterocycles. The maximum absolute atomic E-state index is 12.2. The summed E-state index contributed by atoms with van der Waals surface area (Å²) in [6.45, 7) is 17.6. The largest absolute Gasteiger partial charge is 0.481 e. The van der Waals surface area contributed by atoms with Crippen LogP contribution in [-0.2, 0) is 25.6 Å². The van der Waals surface area contributed by atoms with Crippen molar-refractivity contribution in [2.45, 2.75) is 103 Å². The average molecular weight is 454 g/mol. The van der Waals surface area contributed by atoms with E-state index in [1.165, 1.54) is 0 Å². The van der Waals surface area contributed by atoms with Gasteiger partial charge in [0.15, 0.2) is 5.82 Å². The standard InChI is InChI=1S/C20H39BN4O5Si/c1-9-10-15(18(26)27)16(13-21-29-19(2,3)20(4,5)30-21)17-22-23-24-25(17)14-28-11-12-31(6,7)8/h15-16H,9-14H2,1-8H3,(H,26,27)/t15-,16-/m0/s1. The lowest BCUT2D eigenvalue weighted by atomic mass is 9.71. The number of hydrogen-bond acceptors (Lipinski definition) is 7. The van der Waals surface area contributed by atoms with Crippen molar-refractivity contribution in [2.75, 3.05) is 6.61 Å². The Balaban J connectivity index is 2.22. The van der Waals surface area contributed by atoms with Gasteiger partial charge in [-0.25, -0.2) is 4.68 Å². The third kappa shape index (κ3) is 6.84. The summed E-state index contributed by atoms with van der Waals surface area (Å²) in [5.74, 6) is -1.46. The number of carbonyl (C=O) groups is 1. The molecular formula is C20H39BN4O5Si. The van der Waals surface area contributed by atoms with Gasteiger partial charge in [-0.3, -0.25) is 4.79 Å². The van der Waals surface area contributed by atoms with Crippen LogP contribution in [0, 0.1) is 5.92 Å². The number of carboxylic acids is 1. The van der Waals surface area contributed by atoms with Gasteiger partial charge in [-0.1, -0.05) is 33.0 Å². The Morgan fingerprint density at radius 1 is 1.23 bits per heavy atom. The minimum absolute atomic E-state index is 0.200. The van der Waals surface area contributed by atoms with Crippen LogP contribution in [0.25, 0.3) is 0 Å². The molecule has 0 unspecified atom stereocenters. The molecule has 0 radical (unpaired) electrons. The van der Waals surface area contributed by atoms with Crippen molar-refractivity contribution in [3.63, 3.8) is 0 Å². The van der Waals surface area contributed by atoms with Crippen LogP contribution in [0.1, 0.15) is 59.2 Å². The van der Waals surface area contributed by atoms with Gasteiger partial charge in [-0.2, -0.15) is 0 Å². The lowest BCUT2D eigenvalue weighted by Crippen LogP contribution is -2.41. The van der Waals surface area contributed by atoms with Gasteiger partial charge in [-0.05, 0) is 56.9 Å². The molecule has 0 saturated carbocycles. The van der Waals surface area contributed by atoms with E-state index in [4.69, 9.17) is 14.0 Å². The Hall–Kier alpha value is -1.30. The van der Waals surface area contributed by atoms with Crippen molar-refractivity contribution in [3.05, 3.63) is 5.82 Å². The van der Waals surface area contributed by atoms with E-state index in [1.807, 2.05) is 34.6 Å². The SMILES string of the molecule is CCC[C@H](C(=O)O)[C@H](CB1OC(C)(C)C(C)(C)O1)c1nnnn1COCC[Si](C)(C)C. The van der Waals surface area contributed by atoms with Crippen molar-refractivity contribution in [3.8, 4) is 0 Å². The molecule has 0 spiro atoms. The fraction of sp³-hybridized carbons (Fsp3) is 0.900. The van der Waals surface area contributed by atoms with E-state index in [9.17, 15) is 9.90 Å². The van der Waals surface area contributed by atoms with E-state index < -0.39 is 44.2 Å². The fourth-order valence-corrected chi connectivity index (χ4v) is 4.38. The van der Waals surface area contributed by atoms with Gasteiger partial charge in [0.05, 0.1) is 17.1 Å². The normalized spacial score (nSPS) is 20.1. The molecule has 9 nitrogen and oxygen atoms in total. The van der Waals surface area contributed by atoms with Crippen molar-refractivity contribution >= 4 is 21.2 Å². The molecule has 176 valence electrons. The lowest BCUT2D eigenvalue weighted by Gasteiger charge is -2.32. The first-order valence-corrected chi connectivity index (χ1v) is 14.9. The third-order valence-corrected chi connectivity index (χ3v) is 7.96. The predicted molar refractivity (Wildman–Crippen MR) is 122 cm³/mol. The van der Waals surface area contributed by atoms with E-state index in [1.54, 1.807) is 4.68 Å². The molecule has 1 fully saturated rings. The van der Waals surface area contributed by atoms with Crippen LogP contribution < -0.4 is 0 Å². The maximum atomic E-state index is 12.2. The van der Waals surface area contributed by atoms with Crippen molar-refractivity contribution in [1.29, 1.82) is 0 Å². The van der Waals surface area contributed by atoms with Gasteiger partial charge < -0.3 is 19.2 Å². The number of ether oxygens (including phenoxy) is 1. The van der Waals surface area contributed by atoms with E-state index in [-0.39, 0.29) is 6.73 Å². The van der Waals surface area contributed by atoms with Crippen LogP contribution in [0.15, 0.2) is 0 Å². The molecule has 1 aromatic heterocycles. The summed E-state index contributed by atoms with van der Waals surface area (Å²) in [5, 5.41) is 22.1. The number of aliphatic carboxylic acids is 1. The number of nitrogens with zero attached hydrogens (tertiary/aromatic N) is 4. The molecule has 11 heteroatoms. The molecule has 2 rings (SSSR count). The highest BCUT2D eigenvalue weighted by atomic mass is 28.3. The zero-order valence-electron chi connectivity index (χ0n) is 20.3. The minimum Gasteiger partial charge on any atom is -0.481 e. The van der Waals surface area contributed by atoms with Gasteiger partial charge in [0.25, 0.3) is 0 Å². The Bertz CT molecular complexity index is 721. The molecule has 31 heavy (non-hydrogen) atoms. The third-order valence-electron chi connectivity index (χ3n) is 6.25.